The summed E-state index contributed by atoms with van der Waals surface area (Å²) in [6, 6.07) is 17.8. The average Bonchev–Trinajstić information content (AvgIpc) is 2.46. The first-order chi connectivity index (χ1) is 9.55. The third kappa shape index (κ3) is 2.51. The minimum atomic E-state index is 0.0702. The second-order valence-electron chi connectivity index (χ2n) is 6.15. The van der Waals surface area contributed by atoms with Gasteiger partial charge in [-0.15, -0.1) is 10.5 Å². The summed E-state index contributed by atoms with van der Waals surface area (Å²) in [7, 11) is 0.0702. The van der Waals surface area contributed by atoms with E-state index in [1.807, 2.05) is 0 Å². The summed E-state index contributed by atoms with van der Waals surface area (Å²) in [5.41, 5.74) is 2.96. The predicted molar refractivity (Wildman–Crippen MR) is 90.8 cm³/mol. The van der Waals surface area contributed by atoms with Gasteiger partial charge in [0.25, 0.3) is 0 Å². The van der Waals surface area contributed by atoms with Crippen LogP contribution in [0, 0.1) is 0 Å². The maximum Gasteiger partial charge on any atom is 0.0135 e. The standard InChI is InChI=1S/C19H20S/c1-19(2,3)16-10-12-17(13-11-16)20-14-6-8-15-7-4-5-9-18(15)20/h4-14H,1-3H3. The Kier molecular flexibility index (Phi) is 3.39. The molecule has 2 aromatic rings. The van der Waals surface area contributed by atoms with E-state index in [4.69, 9.17) is 0 Å². The van der Waals surface area contributed by atoms with Gasteiger partial charge in [-0.25, -0.2) is 0 Å². The summed E-state index contributed by atoms with van der Waals surface area (Å²) in [6.07, 6.45) is 4.38. The van der Waals surface area contributed by atoms with Gasteiger partial charge in [-0.3, -0.25) is 0 Å². The minimum Gasteiger partial charge on any atom is -0.123 e. The van der Waals surface area contributed by atoms with Crippen LogP contribution in [0.25, 0.3) is 6.08 Å². The fourth-order valence-electron chi connectivity index (χ4n) is 2.42. The molecule has 2 aromatic carbocycles. The smallest absolute Gasteiger partial charge is 0.0135 e. The molecular formula is C19H20S. The van der Waals surface area contributed by atoms with Crippen molar-refractivity contribution in [2.75, 3.05) is 0 Å². The van der Waals surface area contributed by atoms with Crippen LogP contribution in [0.4, 0.5) is 0 Å². The third-order valence-electron chi connectivity index (χ3n) is 3.62. The van der Waals surface area contributed by atoms with Gasteiger partial charge in [-0.05, 0) is 40.1 Å². The first-order valence-corrected chi connectivity index (χ1v) is 8.29. The molecule has 0 aromatic heterocycles. The average molecular weight is 280 g/mol. The van der Waals surface area contributed by atoms with E-state index < -0.39 is 0 Å². The van der Waals surface area contributed by atoms with Crippen LogP contribution in [-0.4, -0.2) is 5.37 Å². The Morgan fingerprint density at radius 1 is 0.850 bits per heavy atom. The molecule has 1 heterocycles. The lowest BCUT2D eigenvalue weighted by molar-refractivity contribution is 0.590. The van der Waals surface area contributed by atoms with E-state index in [2.05, 4.69) is 86.8 Å². The Morgan fingerprint density at radius 2 is 1.55 bits per heavy atom. The van der Waals surface area contributed by atoms with Crippen molar-refractivity contribution >= 4 is 21.9 Å². The molecule has 0 nitrogen and oxygen atoms in total. The summed E-state index contributed by atoms with van der Waals surface area (Å²) in [5.74, 6) is 0. The van der Waals surface area contributed by atoms with Crippen LogP contribution in [0.15, 0.2) is 64.4 Å². The van der Waals surface area contributed by atoms with Gasteiger partial charge in [0, 0.05) is 9.79 Å². The Balaban J connectivity index is 2.03. The molecule has 0 saturated carbocycles. The number of hydrogen-bond donors (Lipinski definition) is 0. The maximum absolute atomic E-state index is 2.31. The number of benzene rings is 2. The molecule has 0 spiro atoms. The van der Waals surface area contributed by atoms with E-state index in [1.54, 1.807) is 0 Å². The van der Waals surface area contributed by atoms with Crippen molar-refractivity contribution in [2.45, 2.75) is 36.0 Å². The summed E-state index contributed by atoms with van der Waals surface area (Å²) < 4.78 is 0. The van der Waals surface area contributed by atoms with Gasteiger partial charge in [0.1, 0.15) is 0 Å². The van der Waals surface area contributed by atoms with Crippen molar-refractivity contribution in [2.24, 2.45) is 0 Å². The van der Waals surface area contributed by atoms with Crippen LogP contribution in [0.5, 0.6) is 0 Å². The fourth-order valence-corrected chi connectivity index (χ4v) is 4.26. The van der Waals surface area contributed by atoms with Gasteiger partial charge in [-0.2, -0.15) is 0 Å². The molecule has 1 aliphatic rings. The molecule has 0 saturated heterocycles. The molecule has 1 unspecified atom stereocenters. The van der Waals surface area contributed by atoms with Gasteiger partial charge in [-0.1, -0.05) is 63.3 Å². The molecule has 102 valence electrons. The van der Waals surface area contributed by atoms with Crippen LogP contribution in [-0.2, 0) is 5.41 Å². The summed E-state index contributed by atoms with van der Waals surface area (Å²) in [6.45, 7) is 6.78. The Morgan fingerprint density at radius 3 is 2.25 bits per heavy atom. The summed E-state index contributed by atoms with van der Waals surface area (Å²) in [5, 5.41) is 2.31. The first kappa shape index (κ1) is 13.4. The second-order valence-corrected chi connectivity index (χ2v) is 8.00. The maximum atomic E-state index is 2.31. The monoisotopic (exact) mass is 280 g/mol. The van der Waals surface area contributed by atoms with Crippen molar-refractivity contribution < 1.29 is 0 Å². The Bertz CT molecular complexity index is 682. The lowest BCUT2D eigenvalue weighted by atomic mass is 9.87. The normalized spacial score (nSPS) is 17.4. The number of fused-ring (bicyclic) bond motifs is 1. The Labute approximate surface area is 124 Å². The Hall–Kier alpha value is -1.60. The molecule has 1 heteroatoms. The zero-order valence-electron chi connectivity index (χ0n) is 12.3. The second kappa shape index (κ2) is 5.06. The van der Waals surface area contributed by atoms with Crippen molar-refractivity contribution in [3.05, 3.63) is 65.7 Å². The van der Waals surface area contributed by atoms with Crippen LogP contribution in [0.1, 0.15) is 31.9 Å². The highest BCUT2D eigenvalue weighted by molar-refractivity contribution is 8.15. The fraction of sp³-hybridized carbons (Fsp3) is 0.211. The largest absolute Gasteiger partial charge is 0.123 e. The summed E-state index contributed by atoms with van der Waals surface area (Å²) >= 11 is 0. The molecule has 0 bridgehead atoms. The molecule has 20 heavy (non-hydrogen) atoms. The molecule has 0 amide bonds. The van der Waals surface area contributed by atoms with Crippen molar-refractivity contribution in [1.82, 2.24) is 0 Å². The zero-order chi connectivity index (χ0) is 14.2. The van der Waals surface area contributed by atoms with E-state index in [9.17, 15) is 0 Å². The molecule has 0 fully saturated rings. The summed E-state index contributed by atoms with van der Waals surface area (Å²) in [4.78, 5) is 2.83. The minimum absolute atomic E-state index is 0.0702. The van der Waals surface area contributed by atoms with Crippen LogP contribution in [0.2, 0.25) is 0 Å². The van der Waals surface area contributed by atoms with Gasteiger partial charge in [0.05, 0.1) is 0 Å². The van der Waals surface area contributed by atoms with Crippen molar-refractivity contribution in [1.29, 1.82) is 0 Å². The SMILES string of the molecule is CC(C)(C)c1ccc(S2=CC=Cc3ccccc32)cc1. The topological polar surface area (TPSA) is 0 Å². The zero-order valence-corrected chi connectivity index (χ0v) is 13.1. The van der Waals surface area contributed by atoms with Crippen LogP contribution in [0.3, 0.4) is 0 Å². The van der Waals surface area contributed by atoms with E-state index >= 15 is 0 Å². The predicted octanol–water partition coefficient (Wildman–Crippen LogP) is 5.50. The molecule has 0 aliphatic carbocycles. The van der Waals surface area contributed by atoms with Gasteiger partial charge >= 0.3 is 0 Å². The van der Waals surface area contributed by atoms with Gasteiger partial charge in [0.2, 0.25) is 0 Å². The number of hydrogen-bond acceptors (Lipinski definition) is 0. The molecule has 1 aliphatic heterocycles. The van der Waals surface area contributed by atoms with Crippen LogP contribution < -0.4 is 0 Å². The van der Waals surface area contributed by atoms with E-state index in [0.717, 1.165) is 0 Å². The van der Waals surface area contributed by atoms with E-state index in [0.29, 0.717) is 0 Å². The molecule has 3 rings (SSSR count). The lowest BCUT2D eigenvalue weighted by Gasteiger charge is -2.20. The number of rotatable bonds is 1. The highest BCUT2D eigenvalue weighted by Gasteiger charge is 2.14. The highest BCUT2D eigenvalue weighted by atomic mass is 32.2. The van der Waals surface area contributed by atoms with E-state index in [-0.39, 0.29) is 15.9 Å². The highest BCUT2D eigenvalue weighted by Crippen LogP contribution is 2.40. The van der Waals surface area contributed by atoms with Crippen molar-refractivity contribution in [3.8, 4) is 0 Å². The van der Waals surface area contributed by atoms with E-state index in [1.165, 1.54) is 20.9 Å². The first-order valence-electron chi connectivity index (χ1n) is 7.00. The molecule has 0 N–H and O–H groups in total. The number of allylic oxidation sites excluding steroid dienone is 1. The van der Waals surface area contributed by atoms with Crippen molar-refractivity contribution in [3.63, 3.8) is 0 Å². The molecule has 0 radical (unpaired) electrons. The van der Waals surface area contributed by atoms with Gasteiger partial charge in [0.15, 0.2) is 0 Å². The molecule has 1 atom stereocenters. The van der Waals surface area contributed by atoms with Gasteiger partial charge < -0.3 is 0 Å². The molecular weight excluding hydrogens is 260 g/mol. The van der Waals surface area contributed by atoms with Crippen LogP contribution >= 0.6 is 10.5 Å². The third-order valence-corrected chi connectivity index (χ3v) is 5.68. The quantitative estimate of drug-likeness (QED) is 0.605. The lowest BCUT2D eigenvalue weighted by Crippen LogP contribution is -2.10.